The Bertz CT molecular complexity index is 592. The monoisotopic (exact) mass is 300 g/mol. The van der Waals surface area contributed by atoms with Crippen LogP contribution in [0.5, 0.6) is 0 Å². The summed E-state index contributed by atoms with van der Waals surface area (Å²) in [5.41, 5.74) is 1.44. The van der Waals surface area contributed by atoms with Gasteiger partial charge in [-0.2, -0.15) is 5.26 Å². The minimum Gasteiger partial charge on any atom is -0.481 e. The minimum atomic E-state index is -0.785. The fourth-order valence-electron chi connectivity index (χ4n) is 2.90. The van der Waals surface area contributed by atoms with Gasteiger partial charge in [0.15, 0.2) is 0 Å². The summed E-state index contributed by atoms with van der Waals surface area (Å²) in [5.74, 6) is -0.552. The van der Waals surface area contributed by atoms with E-state index in [1.165, 1.54) is 0 Å². The van der Waals surface area contributed by atoms with Gasteiger partial charge in [0.2, 0.25) is 0 Å². The molecule has 1 fully saturated rings. The lowest BCUT2D eigenvalue weighted by Gasteiger charge is -2.32. The number of aliphatic carboxylic acids is 1. The fraction of sp³-hybridized carbons (Fsp3) is 0.471. The minimum absolute atomic E-state index is 0.0279. The van der Waals surface area contributed by atoms with Gasteiger partial charge in [0.1, 0.15) is 0 Å². The number of nitriles is 1. The molecule has 1 aliphatic rings. The molecule has 1 amide bonds. The molecular weight excluding hydrogens is 280 g/mol. The number of carboxylic acids is 1. The van der Waals surface area contributed by atoms with Crippen LogP contribution in [0.1, 0.15) is 41.6 Å². The molecule has 5 heteroatoms. The molecular formula is C17H20N2O3. The van der Waals surface area contributed by atoms with Gasteiger partial charge in [-0.3, -0.25) is 9.59 Å². The van der Waals surface area contributed by atoms with E-state index in [2.05, 4.69) is 6.07 Å². The number of benzene rings is 1. The third-order valence-corrected chi connectivity index (χ3v) is 4.03. The number of likely N-dealkylation sites (tertiary alicyclic amines) is 1. The molecule has 1 atom stereocenters. The van der Waals surface area contributed by atoms with Crippen LogP contribution < -0.4 is 0 Å². The van der Waals surface area contributed by atoms with Crippen LogP contribution in [0.25, 0.3) is 0 Å². The molecule has 1 N–H and O–H groups in total. The third kappa shape index (κ3) is 4.32. The molecule has 22 heavy (non-hydrogen) atoms. The van der Waals surface area contributed by atoms with Crippen LogP contribution in [0.2, 0.25) is 0 Å². The number of piperidine rings is 1. The van der Waals surface area contributed by atoms with Crippen molar-refractivity contribution < 1.29 is 14.7 Å². The average Bonchev–Trinajstić information content (AvgIpc) is 2.53. The van der Waals surface area contributed by atoms with Crippen molar-refractivity contribution in [2.75, 3.05) is 13.1 Å². The molecule has 0 aliphatic carbocycles. The predicted octanol–water partition coefficient (Wildman–Crippen LogP) is 2.47. The summed E-state index contributed by atoms with van der Waals surface area (Å²) < 4.78 is 0. The summed E-state index contributed by atoms with van der Waals surface area (Å²) in [7, 11) is 0. The Kier molecular flexibility index (Phi) is 5.54. The van der Waals surface area contributed by atoms with Gasteiger partial charge in [0.25, 0.3) is 5.91 Å². The Morgan fingerprint density at radius 3 is 2.95 bits per heavy atom. The van der Waals surface area contributed by atoms with E-state index in [0.717, 1.165) is 18.4 Å². The molecule has 2 rings (SSSR count). The van der Waals surface area contributed by atoms with E-state index in [1.807, 2.05) is 11.0 Å². The van der Waals surface area contributed by atoms with Gasteiger partial charge in [0, 0.05) is 25.1 Å². The Morgan fingerprint density at radius 1 is 1.41 bits per heavy atom. The summed E-state index contributed by atoms with van der Waals surface area (Å²) in [6.45, 7) is 1.33. The fourth-order valence-corrected chi connectivity index (χ4v) is 2.90. The lowest BCUT2D eigenvalue weighted by atomic mass is 9.93. The van der Waals surface area contributed by atoms with Gasteiger partial charge < -0.3 is 10.0 Å². The molecule has 0 aromatic heterocycles. The van der Waals surface area contributed by atoms with Crippen LogP contribution in [-0.4, -0.2) is 35.0 Å². The largest absolute Gasteiger partial charge is 0.481 e. The Hall–Kier alpha value is -2.35. The number of nitrogens with zero attached hydrogens (tertiary/aromatic N) is 2. The molecule has 5 nitrogen and oxygen atoms in total. The molecule has 0 saturated carbocycles. The SMILES string of the molecule is N#CCc1cccc(C(=O)N2CCCC(CCC(=O)O)C2)c1. The molecule has 1 saturated heterocycles. The molecule has 1 unspecified atom stereocenters. The maximum absolute atomic E-state index is 12.6. The number of carboxylic acid groups (broad SMARTS) is 1. The van der Waals surface area contributed by atoms with Crippen molar-refractivity contribution in [3.63, 3.8) is 0 Å². The highest BCUT2D eigenvalue weighted by Gasteiger charge is 2.24. The number of amides is 1. The van der Waals surface area contributed by atoms with Crippen molar-refractivity contribution in [2.45, 2.75) is 32.1 Å². The molecule has 0 spiro atoms. The second-order valence-electron chi connectivity index (χ2n) is 5.73. The maximum atomic E-state index is 12.6. The van der Waals surface area contributed by atoms with Gasteiger partial charge in [-0.1, -0.05) is 12.1 Å². The normalized spacial score (nSPS) is 17.8. The topological polar surface area (TPSA) is 81.4 Å². The summed E-state index contributed by atoms with van der Waals surface area (Å²) in [6, 6.07) is 9.26. The Labute approximate surface area is 130 Å². The van der Waals surface area contributed by atoms with Crippen LogP contribution in [0, 0.1) is 17.2 Å². The second kappa shape index (κ2) is 7.60. The number of hydrogen-bond donors (Lipinski definition) is 1. The lowest BCUT2D eigenvalue weighted by molar-refractivity contribution is -0.137. The first kappa shape index (κ1) is 16.0. The summed E-state index contributed by atoms with van der Waals surface area (Å²) in [5, 5.41) is 17.5. The van der Waals surface area contributed by atoms with Crippen molar-refractivity contribution in [3.8, 4) is 6.07 Å². The van der Waals surface area contributed by atoms with Crippen molar-refractivity contribution in [1.82, 2.24) is 4.90 Å². The van der Waals surface area contributed by atoms with E-state index in [0.29, 0.717) is 31.5 Å². The van der Waals surface area contributed by atoms with Crippen LogP contribution in [-0.2, 0) is 11.2 Å². The number of carbonyl (C=O) groups is 2. The molecule has 1 aromatic carbocycles. The van der Waals surface area contributed by atoms with E-state index in [9.17, 15) is 9.59 Å². The lowest BCUT2D eigenvalue weighted by Crippen LogP contribution is -2.40. The van der Waals surface area contributed by atoms with Crippen molar-refractivity contribution in [3.05, 3.63) is 35.4 Å². The first-order valence-electron chi connectivity index (χ1n) is 7.57. The number of rotatable bonds is 5. The van der Waals surface area contributed by atoms with Crippen LogP contribution >= 0.6 is 0 Å². The first-order chi connectivity index (χ1) is 10.6. The van der Waals surface area contributed by atoms with Crippen molar-refractivity contribution >= 4 is 11.9 Å². The van der Waals surface area contributed by atoms with Gasteiger partial charge in [-0.25, -0.2) is 0 Å². The first-order valence-corrected chi connectivity index (χ1v) is 7.57. The van der Waals surface area contributed by atoms with E-state index < -0.39 is 5.97 Å². The number of carbonyl (C=O) groups excluding carboxylic acids is 1. The molecule has 0 bridgehead atoms. The Balaban J connectivity index is 2.01. The van der Waals surface area contributed by atoms with Gasteiger partial charge in [-0.05, 0) is 42.9 Å². The average molecular weight is 300 g/mol. The zero-order chi connectivity index (χ0) is 15.9. The van der Waals surface area contributed by atoms with E-state index in [4.69, 9.17) is 10.4 Å². The standard InChI is InChI=1S/C17H20N2O3/c18-9-8-13-3-1-5-15(11-13)17(22)19-10-2-4-14(12-19)6-7-16(20)21/h1,3,5,11,14H,2,4,6-8,10,12H2,(H,20,21). The molecule has 1 aromatic rings. The molecule has 116 valence electrons. The van der Waals surface area contributed by atoms with Crippen LogP contribution in [0.15, 0.2) is 24.3 Å². The van der Waals surface area contributed by atoms with Crippen LogP contribution in [0.4, 0.5) is 0 Å². The highest BCUT2D eigenvalue weighted by atomic mass is 16.4. The maximum Gasteiger partial charge on any atom is 0.303 e. The van der Waals surface area contributed by atoms with Gasteiger partial charge >= 0.3 is 5.97 Å². The molecule has 1 heterocycles. The molecule has 1 aliphatic heterocycles. The third-order valence-electron chi connectivity index (χ3n) is 4.03. The summed E-state index contributed by atoms with van der Waals surface area (Å²) in [6.07, 6.45) is 2.96. The van der Waals surface area contributed by atoms with Crippen LogP contribution in [0.3, 0.4) is 0 Å². The highest BCUT2D eigenvalue weighted by Crippen LogP contribution is 2.22. The quantitative estimate of drug-likeness (QED) is 0.905. The van der Waals surface area contributed by atoms with Gasteiger partial charge in [0.05, 0.1) is 12.5 Å². The van der Waals surface area contributed by atoms with E-state index in [-0.39, 0.29) is 18.2 Å². The van der Waals surface area contributed by atoms with E-state index in [1.54, 1.807) is 18.2 Å². The van der Waals surface area contributed by atoms with Crippen molar-refractivity contribution in [1.29, 1.82) is 5.26 Å². The zero-order valence-corrected chi connectivity index (χ0v) is 12.5. The van der Waals surface area contributed by atoms with E-state index >= 15 is 0 Å². The van der Waals surface area contributed by atoms with Crippen molar-refractivity contribution in [2.24, 2.45) is 5.92 Å². The second-order valence-corrected chi connectivity index (χ2v) is 5.73. The highest BCUT2D eigenvalue weighted by molar-refractivity contribution is 5.94. The smallest absolute Gasteiger partial charge is 0.303 e. The predicted molar refractivity (Wildman–Crippen MR) is 81.3 cm³/mol. The molecule has 0 radical (unpaired) electrons. The van der Waals surface area contributed by atoms with Gasteiger partial charge in [-0.15, -0.1) is 0 Å². The zero-order valence-electron chi connectivity index (χ0n) is 12.5. The summed E-state index contributed by atoms with van der Waals surface area (Å²) in [4.78, 5) is 25.0. The summed E-state index contributed by atoms with van der Waals surface area (Å²) >= 11 is 0. The Morgan fingerprint density at radius 2 is 2.23 bits per heavy atom. The number of hydrogen-bond acceptors (Lipinski definition) is 3.